The van der Waals surface area contributed by atoms with E-state index in [-0.39, 0.29) is 6.54 Å². The smallest absolute Gasteiger partial charge is 0.264 e. The minimum Gasteiger partial charge on any atom is -0.311 e. The Morgan fingerprint density at radius 3 is 2.85 bits per heavy atom. The number of hydrogen-bond acceptors (Lipinski definition) is 1. The average molecular weight is 187 g/mol. The van der Waals surface area contributed by atoms with Gasteiger partial charge in [0.25, 0.3) is 5.92 Å². The zero-order valence-electron chi connectivity index (χ0n) is 7.87. The Hall–Kier alpha value is -0.620. The molecule has 0 aromatic rings. The van der Waals surface area contributed by atoms with Gasteiger partial charge < -0.3 is 5.32 Å². The molecule has 1 N–H and O–H groups in total. The molecule has 1 unspecified atom stereocenters. The van der Waals surface area contributed by atoms with Crippen molar-refractivity contribution in [3.8, 4) is 11.8 Å². The fraction of sp³-hybridized carbons (Fsp3) is 0.800. The zero-order chi connectivity index (χ0) is 9.73. The van der Waals surface area contributed by atoms with Gasteiger partial charge in [0, 0.05) is 18.8 Å². The minimum atomic E-state index is -2.57. The van der Waals surface area contributed by atoms with Gasteiger partial charge in [-0.1, -0.05) is 6.92 Å². The van der Waals surface area contributed by atoms with Crippen LogP contribution in [0.1, 0.15) is 26.2 Å². The lowest BCUT2D eigenvalue weighted by Gasteiger charge is -2.30. The number of alkyl halides is 2. The van der Waals surface area contributed by atoms with E-state index in [4.69, 9.17) is 0 Å². The van der Waals surface area contributed by atoms with Crippen molar-refractivity contribution >= 4 is 0 Å². The molecule has 74 valence electrons. The van der Waals surface area contributed by atoms with Crippen molar-refractivity contribution in [1.82, 2.24) is 5.32 Å². The molecule has 0 spiro atoms. The summed E-state index contributed by atoms with van der Waals surface area (Å²) in [6, 6.07) is 0. The molecular formula is C10H15F2N. The van der Waals surface area contributed by atoms with Crippen LogP contribution < -0.4 is 5.32 Å². The van der Waals surface area contributed by atoms with E-state index in [1.165, 1.54) is 0 Å². The normalized spacial score (nSPS) is 26.2. The van der Waals surface area contributed by atoms with Gasteiger partial charge in [-0.2, -0.15) is 0 Å². The molecule has 1 atom stereocenters. The first-order chi connectivity index (χ1) is 6.17. The molecule has 0 aromatic carbocycles. The number of halogens is 2. The Bertz CT molecular complexity index is 215. The van der Waals surface area contributed by atoms with Gasteiger partial charge in [-0.05, 0) is 13.0 Å². The molecule has 0 amide bonds. The van der Waals surface area contributed by atoms with E-state index >= 15 is 0 Å². The van der Waals surface area contributed by atoms with Crippen molar-refractivity contribution in [1.29, 1.82) is 0 Å². The van der Waals surface area contributed by atoms with Gasteiger partial charge in [0.1, 0.15) is 0 Å². The topological polar surface area (TPSA) is 12.0 Å². The molecule has 0 bridgehead atoms. The molecule has 0 saturated carbocycles. The van der Waals surface area contributed by atoms with Crippen molar-refractivity contribution in [2.45, 2.75) is 32.1 Å². The third-order valence-electron chi connectivity index (χ3n) is 2.28. The third-order valence-corrected chi connectivity index (χ3v) is 2.28. The zero-order valence-corrected chi connectivity index (χ0v) is 7.87. The summed E-state index contributed by atoms with van der Waals surface area (Å²) in [4.78, 5) is 0. The van der Waals surface area contributed by atoms with Crippen molar-refractivity contribution in [3.63, 3.8) is 0 Å². The fourth-order valence-electron chi connectivity index (χ4n) is 1.46. The van der Waals surface area contributed by atoms with E-state index in [0.29, 0.717) is 19.4 Å². The maximum atomic E-state index is 13.2. The average Bonchev–Trinajstić information content (AvgIpc) is 2.08. The first kappa shape index (κ1) is 10.5. The Kier molecular flexibility index (Phi) is 3.68. The highest BCUT2D eigenvalue weighted by atomic mass is 19.3. The monoisotopic (exact) mass is 187 g/mol. The van der Waals surface area contributed by atoms with Crippen LogP contribution in [0.3, 0.4) is 0 Å². The first-order valence-corrected chi connectivity index (χ1v) is 4.71. The highest BCUT2D eigenvalue weighted by Gasteiger charge is 2.40. The van der Waals surface area contributed by atoms with Gasteiger partial charge >= 0.3 is 0 Å². The Morgan fingerprint density at radius 2 is 2.23 bits per heavy atom. The summed E-state index contributed by atoms with van der Waals surface area (Å²) >= 11 is 0. The molecule has 0 aromatic heterocycles. The van der Waals surface area contributed by atoms with Crippen LogP contribution in [-0.2, 0) is 0 Å². The molecule has 13 heavy (non-hydrogen) atoms. The number of piperidine rings is 1. The maximum absolute atomic E-state index is 13.2. The van der Waals surface area contributed by atoms with Crippen molar-refractivity contribution in [3.05, 3.63) is 0 Å². The maximum Gasteiger partial charge on any atom is 0.264 e. The summed E-state index contributed by atoms with van der Waals surface area (Å²) in [6.07, 6.45) is 1.62. The quantitative estimate of drug-likeness (QED) is 0.619. The lowest BCUT2D eigenvalue weighted by molar-refractivity contribution is -0.0710. The molecule has 3 heteroatoms. The van der Waals surface area contributed by atoms with Crippen molar-refractivity contribution < 1.29 is 8.78 Å². The predicted octanol–water partition coefficient (Wildman–Crippen LogP) is 2.03. The van der Waals surface area contributed by atoms with E-state index < -0.39 is 11.8 Å². The molecule has 1 aliphatic heterocycles. The van der Waals surface area contributed by atoms with Crippen LogP contribution in [-0.4, -0.2) is 19.0 Å². The molecule has 1 rings (SSSR count). The van der Waals surface area contributed by atoms with Gasteiger partial charge in [0.15, 0.2) is 0 Å². The summed E-state index contributed by atoms with van der Waals surface area (Å²) in [5, 5.41) is 2.70. The molecule has 1 nitrogen and oxygen atoms in total. The van der Waals surface area contributed by atoms with Crippen LogP contribution in [0.4, 0.5) is 8.78 Å². The number of nitrogens with one attached hydrogen (secondary N) is 1. The Labute approximate surface area is 77.9 Å². The summed E-state index contributed by atoms with van der Waals surface area (Å²) in [5.41, 5.74) is 0. The Morgan fingerprint density at radius 1 is 1.46 bits per heavy atom. The van der Waals surface area contributed by atoms with Crippen LogP contribution in [0.25, 0.3) is 0 Å². The van der Waals surface area contributed by atoms with Crippen molar-refractivity contribution in [2.75, 3.05) is 13.1 Å². The molecule has 0 radical (unpaired) electrons. The van der Waals surface area contributed by atoms with Crippen LogP contribution in [0.15, 0.2) is 0 Å². The fourth-order valence-corrected chi connectivity index (χ4v) is 1.46. The number of rotatable bonds is 1. The standard InChI is InChI=1S/C10H15F2N/c1-2-3-4-5-9-6-7-13-8-10(9,11)12/h9,13H,2,5-8H2,1H3. The second-order valence-corrected chi connectivity index (χ2v) is 3.33. The minimum absolute atomic E-state index is 0.189. The SMILES string of the molecule is CCC#CCC1CCNCC1(F)F. The molecule has 1 saturated heterocycles. The molecule has 1 aliphatic rings. The second-order valence-electron chi connectivity index (χ2n) is 3.33. The van der Waals surface area contributed by atoms with Gasteiger partial charge in [-0.3, -0.25) is 0 Å². The molecule has 1 heterocycles. The second kappa shape index (κ2) is 4.57. The van der Waals surface area contributed by atoms with Crippen LogP contribution >= 0.6 is 0 Å². The van der Waals surface area contributed by atoms with Crippen LogP contribution in [0.2, 0.25) is 0 Å². The van der Waals surface area contributed by atoms with E-state index in [1.54, 1.807) is 0 Å². The van der Waals surface area contributed by atoms with E-state index in [1.807, 2.05) is 6.92 Å². The largest absolute Gasteiger partial charge is 0.311 e. The number of hydrogen-bond donors (Lipinski definition) is 1. The summed E-state index contributed by atoms with van der Waals surface area (Å²) in [5.74, 6) is 2.52. The lowest BCUT2D eigenvalue weighted by Crippen LogP contribution is -2.45. The summed E-state index contributed by atoms with van der Waals surface area (Å²) < 4.78 is 26.3. The van der Waals surface area contributed by atoms with E-state index in [0.717, 1.165) is 6.42 Å². The highest BCUT2D eigenvalue weighted by Crippen LogP contribution is 2.31. The van der Waals surface area contributed by atoms with Crippen LogP contribution in [0.5, 0.6) is 0 Å². The van der Waals surface area contributed by atoms with E-state index in [9.17, 15) is 8.78 Å². The van der Waals surface area contributed by atoms with Gasteiger partial charge in [-0.25, -0.2) is 8.78 Å². The molecule has 1 fully saturated rings. The molecule has 0 aliphatic carbocycles. The first-order valence-electron chi connectivity index (χ1n) is 4.71. The van der Waals surface area contributed by atoms with Crippen LogP contribution in [0, 0.1) is 17.8 Å². The van der Waals surface area contributed by atoms with Gasteiger partial charge in [-0.15, -0.1) is 11.8 Å². The summed E-state index contributed by atoms with van der Waals surface area (Å²) in [6.45, 7) is 2.42. The van der Waals surface area contributed by atoms with Gasteiger partial charge in [0.2, 0.25) is 0 Å². The molecular weight excluding hydrogens is 172 g/mol. The Balaban J connectivity index is 2.46. The van der Waals surface area contributed by atoms with E-state index in [2.05, 4.69) is 17.2 Å². The predicted molar refractivity (Wildman–Crippen MR) is 48.6 cm³/mol. The third kappa shape index (κ3) is 2.96. The van der Waals surface area contributed by atoms with Gasteiger partial charge in [0.05, 0.1) is 6.54 Å². The highest BCUT2D eigenvalue weighted by molar-refractivity contribution is 5.02. The summed E-state index contributed by atoms with van der Waals surface area (Å²) in [7, 11) is 0. The van der Waals surface area contributed by atoms with Crippen molar-refractivity contribution in [2.24, 2.45) is 5.92 Å². The lowest BCUT2D eigenvalue weighted by atomic mass is 9.91.